The van der Waals surface area contributed by atoms with Gasteiger partial charge in [-0.1, -0.05) is 123 Å². The Morgan fingerprint density at radius 2 is 0.957 bits per heavy atom. The van der Waals surface area contributed by atoms with Crippen molar-refractivity contribution >= 4 is 134 Å². The van der Waals surface area contributed by atoms with Crippen molar-refractivity contribution in [2.24, 2.45) is 66.9 Å². The first-order valence-electron chi connectivity index (χ1n) is 37.1. The number of nitrogens with zero attached hydrogens (tertiary/aromatic N) is 3. The van der Waals surface area contributed by atoms with E-state index in [1.165, 1.54) is 13.8 Å². The lowest BCUT2D eigenvalue weighted by Gasteiger charge is -2.30. The van der Waals surface area contributed by atoms with E-state index in [2.05, 4.69) is 89.4 Å². The van der Waals surface area contributed by atoms with Gasteiger partial charge in [0.25, 0.3) is 0 Å². The summed E-state index contributed by atoms with van der Waals surface area (Å²) in [4.78, 5) is 236. The average Bonchev–Trinajstić information content (AvgIpc) is 0.847. The van der Waals surface area contributed by atoms with Crippen molar-refractivity contribution in [3.63, 3.8) is 0 Å². The van der Waals surface area contributed by atoms with Crippen LogP contribution in [0.3, 0.4) is 0 Å². The molecule has 1 fully saturated rings. The molecular formula is C70H110N24O20S2. The average molecular weight is 1670 g/mol. The van der Waals surface area contributed by atoms with Gasteiger partial charge in [-0.2, -0.15) is 0 Å². The summed E-state index contributed by atoms with van der Waals surface area (Å²) in [5, 5.41) is 74.3. The second kappa shape index (κ2) is 52.7. The summed E-state index contributed by atoms with van der Waals surface area (Å²) in [6, 6.07) is -3.94. The van der Waals surface area contributed by atoms with Crippen molar-refractivity contribution in [2.75, 3.05) is 64.0 Å². The second-order valence-corrected chi connectivity index (χ2v) is 29.4. The lowest BCUT2D eigenvalue weighted by molar-refractivity contribution is -0.142. The number of hydrogen-bond acceptors (Lipinski definition) is 24. The summed E-state index contributed by atoms with van der Waals surface area (Å²) in [6.07, 6.45) is -2.13. The van der Waals surface area contributed by atoms with Crippen LogP contribution in [0.4, 0.5) is 0 Å². The Labute approximate surface area is 676 Å². The van der Waals surface area contributed by atoms with Gasteiger partial charge in [-0.15, -0.1) is 0 Å². The van der Waals surface area contributed by atoms with Crippen LogP contribution in [0.1, 0.15) is 96.6 Å². The second-order valence-electron chi connectivity index (χ2n) is 26.8. The van der Waals surface area contributed by atoms with Crippen molar-refractivity contribution < 1.29 is 97.1 Å². The van der Waals surface area contributed by atoms with Gasteiger partial charge in [0.15, 0.2) is 17.9 Å². The molecule has 1 aliphatic heterocycles. The molecule has 0 saturated carbocycles. The van der Waals surface area contributed by atoms with Crippen LogP contribution in [0.25, 0.3) is 0 Å². The lowest BCUT2D eigenvalue weighted by Crippen LogP contribution is -2.62. The van der Waals surface area contributed by atoms with Gasteiger partial charge in [0, 0.05) is 44.0 Å². The minimum atomic E-state index is -2.02. The topological polar surface area (TPSA) is 742 Å². The zero-order chi connectivity index (χ0) is 86.6. The SMILES string of the molecule is CC[C@H](C)[C@@H]1NC(=O)[C@@H](CCCN=C(N)N)NC(=O)CNC(=O)CNC(=O)[C@@H](Cc2ccccc2)NC(=O)CNC(=O)[C@H](NC(=O)[C@H](CO)NC(=O)[C@@H](N)CO)CSSC[C@H](C(=O)N[C@@H](Cc2ccccc2)C(=O)N[C@H](CCCN=C(N)N)C(=O)O)NC(=O)[C@@H]([C@@H](C)CC)NC(=O)[C@H](CCCN=C(N)N)NC(=O)[C@@H](CC(=O)O)NC1=O. The highest BCUT2D eigenvalue weighted by molar-refractivity contribution is 8.76. The third kappa shape index (κ3) is 37.5. The summed E-state index contributed by atoms with van der Waals surface area (Å²) < 4.78 is 0. The molecule has 1 saturated heterocycles. The number of carbonyl (C=O) groups is 16. The van der Waals surface area contributed by atoms with Gasteiger partial charge in [-0.05, 0) is 61.5 Å². The van der Waals surface area contributed by atoms with Gasteiger partial charge in [-0.3, -0.25) is 86.9 Å². The highest BCUT2D eigenvalue weighted by atomic mass is 33.1. The molecule has 642 valence electrons. The maximum atomic E-state index is 15.2. The quantitative estimate of drug-likeness (QED) is 0.0137. The van der Waals surface area contributed by atoms with E-state index in [-0.39, 0.29) is 102 Å². The molecule has 3 rings (SSSR count). The maximum Gasteiger partial charge on any atom is 0.326 e. The van der Waals surface area contributed by atoms with E-state index in [0.29, 0.717) is 11.1 Å². The van der Waals surface area contributed by atoms with E-state index in [9.17, 15) is 87.5 Å². The van der Waals surface area contributed by atoms with Gasteiger partial charge in [0.05, 0.1) is 39.3 Å². The van der Waals surface area contributed by atoms with Crippen LogP contribution in [0, 0.1) is 11.8 Å². The molecule has 46 heteroatoms. The molecule has 44 nitrogen and oxygen atoms in total. The Balaban J connectivity index is 2.36. The number of carbonyl (C=O) groups excluding carboxylic acids is 14. The Hall–Kier alpha value is -11.6. The smallest absolute Gasteiger partial charge is 0.326 e. The molecule has 0 bridgehead atoms. The monoisotopic (exact) mass is 1670 g/mol. The fourth-order valence-corrected chi connectivity index (χ4v) is 13.1. The molecular weight excluding hydrogens is 1560 g/mol. The Morgan fingerprint density at radius 1 is 0.491 bits per heavy atom. The molecule has 0 aliphatic carbocycles. The molecule has 1 heterocycles. The molecule has 0 aromatic heterocycles. The van der Waals surface area contributed by atoms with Gasteiger partial charge in [0.1, 0.15) is 72.5 Å². The zero-order valence-electron chi connectivity index (χ0n) is 64.7. The Bertz CT molecular complexity index is 3750. The molecule has 14 atom stereocenters. The first-order chi connectivity index (χ1) is 55.0. The van der Waals surface area contributed by atoms with Crippen molar-refractivity contribution in [1.29, 1.82) is 0 Å². The number of aliphatic hydroxyl groups is 2. The number of nitrogens with one attached hydrogen (secondary N) is 14. The van der Waals surface area contributed by atoms with Crippen LogP contribution in [0.2, 0.25) is 0 Å². The summed E-state index contributed by atoms with van der Waals surface area (Å²) in [5.41, 5.74) is 39.7. The minimum Gasteiger partial charge on any atom is -0.481 e. The van der Waals surface area contributed by atoms with E-state index in [1.54, 1.807) is 74.5 Å². The third-order valence-electron chi connectivity index (χ3n) is 17.6. The number of carboxylic acids is 2. The van der Waals surface area contributed by atoms with Gasteiger partial charge in [-0.25, -0.2) is 4.79 Å². The number of guanidine groups is 3. The molecule has 14 amide bonds. The highest BCUT2D eigenvalue weighted by Crippen LogP contribution is 2.24. The summed E-state index contributed by atoms with van der Waals surface area (Å²) >= 11 is 0. The molecule has 0 radical (unpaired) electrons. The molecule has 0 spiro atoms. The van der Waals surface area contributed by atoms with Gasteiger partial charge < -0.3 is 135 Å². The van der Waals surface area contributed by atoms with E-state index >= 15 is 9.59 Å². The molecule has 2 aromatic carbocycles. The number of hydrogen-bond donors (Lipinski definition) is 25. The third-order valence-corrected chi connectivity index (χ3v) is 20.1. The van der Waals surface area contributed by atoms with Crippen molar-refractivity contribution in [3.05, 3.63) is 71.8 Å². The van der Waals surface area contributed by atoms with Crippen LogP contribution in [-0.4, -0.2) is 269 Å². The number of nitrogens with two attached hydrogens (primary N) is 7. The minimum absolute atomic E-state index is 0.0265. The van der Waals surface area contributed by atoms with Crippen molar-refractivity contribution in [1.82, 2.24) is 74.4 Å². The zero-order valence-corrected chi connectivity index (χ0v) is 66.4. The summed E-state index contributed by atoms with van der Waals surface area (Å²) in [5.74, 6) is -21.9. The highest BCUT2D eigenvalue weighted by Gasteiger charge is 2.39. The fourth-order valence-electron chi connectivity index (χ4n) is 10.8. The summed E-state index contributed by atoms with van der Waals surface area (Å²) in [7, 11) is 1.48. The number of aliphatic hydroxyl groups excluding tert-OH is 2. The molecule has 32 N–H and O–H groups in total. The Kier molecular flexibility index (Phi) is 44.8. The van der Waals surface area contributed by atoms with Gasteiger partial charge in [0.2, 0.25) is 82.7 Å². The van der Waals surface area contributed by atoms with Crippen LogP contribution >= 0.6 is 21.6 Å². The van der Waals surface area contributed by atoms with E-state index in [4.69, 9.17) is 40.1 Å². The number of aliphatic imine (C=N–C) groups is 3. The van der Waals surface area contributed by atoms with E-state index < -0.39 is 230 Å². The van der Waals surface area contributed by atoms with Gasteiger partial charge >= 0.3 is 11.9 Å². The van der Waals surface area contributed by atoms with E-state index in [0.717, 1.165) is 21.6 Å². The number of rotatable bonds is 33. The van der Waals surface area contributed by atoms with E-state index in [1.807, 2.05) is 0 Å². The first-order valence-corrected chi connectivity index (χ1v) is 39.5. The normalized spacial score (nSPS) is 21.3. The lowest BCUT2D eigenvalue weighted by atomic mass is 9.96. The molecule has 0 unspecified atom stereocenters. The maximum absolute atomic E-state index is 15.2. The predicted molar refractivity (Wildman–Crippen MR) is 426 cm³/mol. The largest absolute Gasteiger partial charge is 0.481 e. The standard InChI is InChI=1S/C70H110N24O20S2/c1-5-36(3)54-65(111)89-46(28-53(100)101)62(108)86-42(21-14-24-79-69(74)75)60(106)94-55(37(4)6-2)66(112)92-49(64(110)88-45(27-39-18-11-8-12-19-39)61(107)87-43(67(113)114)22-15-25-80-70(76)77)35-116-115-34-48(91-63(109)47(33-96)90-56(102)40(71)32-95)58(104)83-31-52(99)85-44(26-38-16-9-7-10-17-38)57(103)82-29-50(97)81-30-51(98)84-41(59(105)93-54)20-13-23-78-68(72)73/h7-12,16-19,36-37,40-49,54-55,95-96H,5-6,13-15,20-35,71H2,1-4H3,(H,81,97)(H,82,103)(H,83,104)(H,84,98)(H,85,99)(H,86,108)(H,87,107)(H,88,110)(H,89,111)(H,90,102)(H,91,109)(H,92,112)(H,93,105)(H,94,106)(H,100,101)(H,113,114)(H4,72,73,78)(H4,74,75,79)(H4,76,77,80)/t36-,37-,40-,41+,42-,43+,44+,45-,46+,47-,48+,49+,54-,55+/m0/s1. The first kappa shape index (κ1) is 98.5. The number of amides is 14. The number of aliphatic carboxylic acids is 2. The van der Waals surface area contributed by atoms with Crippen molar-refractivity contribution in [2.45, 2.75) is 171 Å². The molecule has 2 aromatic rings. The van der Waals surface area contributed by atoms with Crippen LogP contribution in [0.15, 0.2) is 75.6 Å². The Morgan fingerprint density at radius 3 is 1.47 bits per heavy atom. The fraction of sp³-hybridized carbons (Fsp3) is 0.557. The summed E-state index contributed by atoms with van der Waals surface area (Å²) in [6.45, 7) is 1.51. The van der Waals surface area contributed by atoms with Crippen molar-refractivity contribution in [3.8, 4) is 0 Å². The van der Waals surface area contributed by atoms with Crippen LogP contribution < -0.4 is 115 Å². The number of carboxylic acid groups (broad SMARTS) is 2. The number of benzene rings is 2. The van der Waals surface area contributed by atoms with Crippen LogP contribution in [-0.2, 0) is 89.6 Å². The predicted octanol–water partition coefficient (Wildman–Crippen LogP) is -9.33. The van der Waals surface area contributed by atoms with Crippen LogP contribution in [0.5, 0.6) is 0 Å². The molecule has 116 heavy (non-hydrogen) atoms. The molecule has 1 aliphatic rings.